The summed E-state index contributed by atoms with van der Waals surface area (Å²) < 4.78 is 0. The highest BCUT2D eigenvalue weighted by Crippen LogP contribution is 2.31. The molecule has 2 unspecified atom stereocenters. The number of carbonyl (C=O) groups is 1. The number of likely N-dealkylation sites (N-methyl/N-ethyl adjacent to an activating group) is 1. The molecule has 2 atom stereocenters. The summed E-state index contributed by atoms with van der Waals surface area (Å²) in [6.45, 7) is 0. The Balaban J connectivity index is 2.22. The number of benzene rings is 1. The predicted molar refractivity (Wildman–Crippen MR) is 73.5 cm³/mol. The lowest BCUT2D eigenvalue weighted by molar-refractivity contribution is 0.106. The summed E-state index contributed by atoms with van der Waals surface area (Å²) >= 11 is 6.19. The lowest BCUT2D eigenvalue weighted by Crippen LogP contribution is -2.43. The normalized spacial score (nSPS) is 23.7. The standard InChI is InChI=1S/C14H18ClNO2/c1-16(13-4-2-3-5-14(13)18)12-7-6-10(9-17)8-11(12)15/h6-9,13-14,18H,2-5H2,1H3. The quantitative estimate of drug-likeness (QED) is 0.856. The lowest BCUT2D eigenvalue weighted by Gasteiger charge is -2.37. The predicted octanol–water partition coefficient (Wildman–Crippen LogP) is 2.89. The Morgan fingerprint density at radius 1 is 1.39 bits per heavy atom. The second kappa shape index (κ2) is 5.72. The molecule has 1 saturated carbocycles. The summed E-state index contributed by atoms with van der Waals surface area (Å²) in [7, 11) is 1.95. The Kier molecular flexibility index (Phi) is 4.25. The van der Waals surface area contributed by atoms with E-state index in [0.29, 0.717) is 10.6 Å². The summed E-state index contributed by atoms with van der Waals surface area (Å²) in [5, 5.41) is 10.6. The highest BCUT2D eigenvalue weighted by Gasteiger charge is 2.27. The molecule has 0 radical (unpaired) electrons. The van der Waals surface area contributed by atoms with Gasteiger partial charge in [-0.15, -0.1) is 0 Å². The monoisotopic (exact) mass is 267 g/mol. The number of aliphatic hydroxyl groups excluding tert-OH is 1. The molecule has 1 aliphatic carbocycles. The van der Waals surface area contributed by atoms with Gasteiger partial charge in [-0.3, -0.25) is 4.79 Å². The van der Waals surface area contributed by atoms with E-state index in [4.69, 9.17) is 11.6 Å². The van der Waals surface area contributed by atoms with Crippen molar-refractivity contribution in [2.45, 2.75) is 37.8 Å². The summed E-state index contributed by atoms with van der Waals surface area (Å²) in [5.41, 5.74) is 1.44. The molecule has 0 spiro atoms. The first-order valence-electron chi connectivity index (χ1n) is 6.29. The topological polar surface area (TPSA) is 40.5 Å². The van der Waals surface area contributed by atoms with Crippen molar-refractivity contribution in [2.24, 2.45) is 0 Å². The van der Waals surface area contributed by atoms with E-state index in [1.165, 1.54) is 0 Å². The van der Waals surface area contributed by atoms with Gasteiger partial charge in [0.15, 0.2) is 0 Å². The zero-order chi connectivity index (χ0) is 13.1. The van der Waals surface area contributed by atoms with E-state index in [2.05, 4.69) is 0 Å². The van der Waals surface area contributed by atoms with Crippen molar-refractivity contribution < 1.29 is 9.90 Å². The molecular weight excluding hydrogens is 250 g/mol. The van der Waals surface area contributed by atoms with Gasteiger partial charge >= 0.3 is 0 Å². The number of aliphatic hydroxyl groups is 1. The molecule has 18 heavy (non-hydrogen) atoms. The highest BCUT2D eigenvalue weighted by molar-refractivity contribution is 6.33. The van der Waals surface area contributed by atoms with Crippen LogP contribution < -0.4 is 4.90 Å². The van der Waals surface area contributed by atoms with Crippen molar-refractivity contribution in [1.29, 1.82) is 0 Å². The number of halogens is 1. The first-order chi connectivity index (χ1) is 8.63. The van der Waals surface area contributed by atoms with E-state index in [1.54, 1.807) is 12.1 Å². The summed E-state index contributed by atoms with van der Waals surface area (Å²) in [6, 6.07) is 5.36. The van der Waals surface area contributed by atoms with Gasteiger partial charge in [0.2, 0.25) is 0 Å². The van der Waals surface area contributed by atoms with Gasteiger partial charge in [-0.05, 0) is 31.0 Å². The molecule has 1 aromatic carbocycles. The molecule has 3 nitrogen and oxygen atoms in total. The molecule has 2 rings (SSSR count). The molecule has 98 valence electrons. The van der Waals surface area contributed by atoms with E-state index < -0.39 is 0 Å². The van der Waals surface area contributed by atoms with Crippen LogP contribution in [0.3, 0.4) is 0 Å². The van der Waals surface area contributed by atoms with Gasteiger partial charge in [0, 0.05) is 12.6 Å². The molecule has 4 heteroatoms. The minimum atomic E-state index is -0.300. The fraction of sp³-hybridized carbons (Fsp3) is 0.500. The van der Waals surface area contributed by atoms with Gasteiger partial charge in [0.1, 0.15) is 6.29 Å². The number of rotatable bonds is 3. The smallest absolute Gasteiger partial charge is 0.150 e. The van der Waals surface area contributed by atoms with Crippen LogP contribution in [0, 0.1) is 0 Å². The first-order valence-corrected chi connectivity index (χ1v) is 6.67. The fourth-order valence-electron chi connectivity index (χ4n) is 2.60. The van der Waals surface area contributed by atoms with E-state index in [-0.39, 0.29) is 12.1 Å². The maximum Gasteiger partial charge on any atom is 0.150 e. The highest BCUT2D eigenvalue weighted by atomic mass is 35.5. The minimum Gasteiger partial charge on any atom is -0.391 e. The Labute approximate surface area is 112 Å². The average Bonchev–Trinajstić information content (AvgIpc) is 2.38. The second-order valence-electron chi connectivity index (χ2n) is 4.86. The van der Waals surface area contributed by atoms with Gasteiger partial charge in [-0.1, -0.05) is 24.4 Å². The Bertz CT molecular complexity index is 436. The largest absolute Gasteiger partial charge is 0.391 e. The number of hydrogen-bond donors (Lipinski definition) is 1. The van der Waals surface area contributed by atoms with Crippen molar-refractivity contribution in [3.8, 4) is 0 Å². The Hall–Kier alpha value is -1.06. The molecule has 0 aromatic heterocycles. The van der Waals surface area contributed by atoms with Crippen molar-refractivity contribution in [3.63, 3.8) is 0 Å². The van der Waals surface area contributed by atoms with E-state index in [9.17, 15) is 9.90 Å². The molecule has 1 aliphatic rings. The minimum absolute atomic E-state index is 0.110. The van der Waals surface area contributed by atoms with Crippen molar-refractivity contribution in [2.75, 3.05) is 11.9 Å². The van der Waals surface area contributed by atoms with Crippen molar-refractivity contribution in [3.05, 3.63) is 28.8 Å². The number of aldehydes is 1. The van der Waals surface area contributed by atoms with Crippen LogP contribution >= 0.6 is 11.6 Å². The second-order valence-corrected chi connectivity index (χ2v) is 5.27. The lowest BCUT2D eigenvalue weighted by atomic mass is 9.91. The molecule has 1 fully saturated rings. The van der Waals surface area contributed by atoms with Gasteiger partial charge < -0.3 is 10.0 Å². The third kappa shape index (κ3) is 2.68. The van der Waals surface area contributed by atoms with Gasteiger partial charge in [0.05, 0.1) is 22.9 Å². The molecular formula is C14H18ClNO2. The van der Waals surface area contributed by atoms with Crippen LogP contribution in [0.2, 0.25) is 5.02 Å². The van der Waals surface area contributed by atoms with Crippen molar-refractivity contribution in [1.82, 2.24) is 0 Å². The molecule has 1 aromatic rings. The molecule has 0 bridgehead atoms. The van der Waals surface area contributed by atoms with E-state index in [1.807, 2.05) is 18.0 Å². The SMILES string of the molecule is CN(c1ccc(C=O)cc1Cl)C1CCCCC1O. The summed E-state index contributed by atoms with van der Waals surface area (Å²) in [6.07, 6.45) is 4.53. The molecule has 0 amide bonds. The van der Waals surface area contributed by atoms with Gasteiger partial charge in [0.25, 0.3) is 0 Å². The van der Waals surface area contributed by atoms with Crippen molar-refractivity contribution >= 4 is 23.6 Å². The Morgan fingerprint density at radius 3 is 2.72 bits per heavy atom. The zero-order valence-corrected chi connectivity index (χ0v) is 11.2. The average molecular weight is 268 g/mol. The number of carbonyl (C=O) groups excluding carboxylic acids is 1. The van der Waals surface area contributed by atoms with Gasteiger partial charge in [-0.2, -0.15) is 0 Å². The van der Waals surface area contributed by atoms with E-state index in [0.717, 1.165) is 37.7 Å². The zero-order valence-electron chi connectivity index (χ0n) is 10.5. The third-order valence-corrected chi connectivity index (χ3v) is 3.98. The van der Waals surface area contributed by atoms with Crippen LogP contribution in [0.1, 0.15) is 36.0 Å². The van der Waals surface area contributed by atoms with Crippen LogP contribution in [0.15, 0.2) is 18.2 Å². The summed E-state index contributed by atoms with van der Waals surface area (Å²) in [5.74, 6) is 0. The summed E-state index contributed by atoms with van der Waals surface area (Å²) in [4.78, 5) is 12.7. The van der Waals surface area contributed by atoms with Crippen LogP contribution in [-0.2, 0) is 0 Å². The molecule has 1 N–H and O–H groups in total. The van der Waals surface area contributed by atoms with Crippen LogP contribution in [0.4, 0.5) is 5.69 Å². The maximum atomic E-state index is 10.7. The third-order valence-electron chi connectivity index (χ3n) is 3.68. The Morgan fingerprint density at radius 2 is 2.11 bits per heavy atom. The molecule has 0 saturated heterocycles. The molecule has 0 heterocycles. The van der Waals surface area contributed by atoms with E-state index >= 15 is 0 Å². The maximum absolute atomic E-state index is 10.7. The van der Waals surface area contributed by atoms with Crippen LogP contribution in [0.25, 0.3) is 0 Å². The number of anilines is 1. The van der Waals surface area contributed by atoms with Crippen LogP contribution in [-0.4, -0.2) is 30.6 Å². The first kappa shape index (κ1) is 13.4. The molecule has 0 aliphatic heterocycles. The number of hydrogen-bond acceptors (Lipinski definition) is 3. The number of nitrogens with zero attached hydrogens (tertiary/aromatic N) is 1. The van der Waals surface area contributed by atoms with Crippen LogP contribution in [0.5, 0.6) is 0 Å². The van der Waals surface area contributed by atoms with Gasteiger partial charge in [-0.25, -0.2) is 0 Å². The fourth-order valence-corrected chi connectivity index (χ4v) is 2.93.